The lowest BCUT2D eigenvalue weighted by atomic mass is 10.2. The normalized spacial score (nSPS) is 11.4. The summed E-state index contributed by atoms with van der Waals surface area (Å²) in [6, 6.07) is 7.37. The van der Waals surface area contributed by atoms with Crippen molar-refractivity contribution in [2.75, 3.05) is 12.8 Å². The van der Waals surface area contributed by atoms with Gasteiger partial charge in [-0.1, -0.05) is 43.3 Å². The maximum Gasteiger partial charge on any atom is 0.267 e. The highest BCUT2D eigenvalue weighted by molar-refractivity contribution is 7.98. The maximum absolute atomic E-state index is 12.4. The second-order valence-electron chi connectivity index (χ2n) is 6.88. The number of carbonyl (C=O) groups is 1. The molecule has 0 atom stereocenters. The van der Waals surface area contributed by atoms with E-state index < -0.39 is 0 Å². The van der Waals surface area contributed by atoms with Crippen LogP contribution in [0.15, 0.2) is 29.4 Å². The van der Waals surface area contributed by atoms with Gasteiger partial charge in [-0.25, -0.2) is 0 Å². The highest BCUT2D eigenvalue weighted by atomic mass is 35.5. The van der Waals surface area contributed by atoms with Crippen LogP contribution in [0.5, 0.6) is 0 Å². The molecule has 0 saturated carbocycles. The van der Waals surface area contributed by atoms with Crippen molar-refractivity contribution in [1.82, 2.24) is 25.1 Å². The van der Waals surface area contributed by atoms with Crippen LogP contribution in [0, 0.1) is 5.92 Å². The summed E-state index contributed by atoms with van der Waals surface area (Å²) in [5.74, 6) is 1.39. The lowest BCUT2D eigenvalue weighted by Gasteiger charge is -2.11. The number of hydrogen-bond donors (Lipinski definition) is 2. The summed E-state index contributed by atoms with van der Waals surface area (Å²) >= 11 is 7.60. The molecular formula is C19H24ClN5OS. The lowest BCUT2D eigenvalue weighted by molar-refractivity contribution is 0.0949. The Morgan fingerprint density at radius 2 is 2.15 bits per heavy atom. The number of benzene rings is 1. The van der Waals surface area contributed by atoms with Crippen LogP contribution in [0.25, 0.3) is 10.9 Å². The summed E-state index contributed by atoms with van der Waals surface area (Å²) < 4.78 is 2.18. The van der Waals surface area contributed by atoms with Crippen molar-refractivity contribution in [3.05, 3.63) is 40.8 Å². The molecule has 0 unspecified atom stereocenters. The van der Waals surface area contributed by atoms with Crippen LogP contribution in [0.3, 0.4) is 0 Å². The van der Waals surface area contributed by atoms with Crippen molar-refractivity contribution in [3.63, 3.8) is 0 Å². The molecule has 6 nitrogen and oxygen atoms in total. The van der Waals surface area contributed by atoms with Gasteiger partial charge in [0.15, 0.2) is 5.16 Å². The van der Waals surface area contributed by atoms with Crippen molar-refractivity contribution >= 4 is 40.2 Å². The predicted molar refractivity (Wildman–Crippen MR) is 111 cm³/mol. The number of hydrogen-bond acceptors (Lipinski definition) is 4. The largest absolute Gasteiger partial charge is 0.351 e. The van der Waals surface area contributed by atoms with E-state index in [9.17, 15) is 4.79 Å². The molecule has 0 radical (unpaired) electrons. The average Bonchev–Trinajstić information content (AvgIpc) is 3.21. The number of nitrogens with one attached hydrogen (secondary N) is 2. The Kier molecular flexibility index (Phi) is 6.44. The fraction of sp³-hybridized carbons (Fsp3) is 0.421. The monoisotopic (exact) mass is 405 g/mol. The summed E-state index contributed by atoms with van der Waals surface area (Å²) in [5.41, 5.74) is 1.40. The lowest BCUT2D eigenvalue weighted by Crippen LogP contribution is -2.25. The molecule has 27 heavy (non-hydrogen) atoms. The van der Waals surface area contributed by atoms with Crippen LogP contribution in [-0.2, 0) is 13.0 Å². The molecule has 1 aromatic carbocycles. The van der Waals surface area contributed by atoms with E-state index in [0.717, 1.165) is 41.3 Å². The van der Waals surface area contributed by atoms with Crippen LogP contribution in [-0.4, -0.2) is 38.5 Å². The zero-order valence-electron chi connectivity index (χ0n) is 15.8. The molecule has 3 aromatic rings. The van der Waals surface area contributed by atoms with Crippen molar-refractivity contribution in [1.29, 1.82) is 0 Å². The number of aryl methyl sites for hydroxylation is 1. The third-order valence-corrected chi connectivity index (χ3v) is 5.12. The van der Waals surface area contributed by atoms with Gasteiger partial charge >= 0.3 is 0 Å². The summed E-state index contributed by atoms with van der Waals surface area (Å²) in [5, 5.41) is 14.1. The van der Waals surface area contributed by atoms with Crippen LogP contribution < -0.4 is 5.32 Å². The Morgan fingerprint density at radius 3 is 2.89 bits per heavy atom. The molecule has 0 fully saturated rings. The summed E-state index contributed by atoms with van der Waals surface area (Å²) in [4.78, 5) is 15.5. The molecule has 0 aliphatic heterocycles. The van der Waals surface area contributed by atoms with E-state index in [1.165, 1.54) is 0 Å². The standard InChI is InChI=1S/C19H24ClN5OS/c1-12(2)11-25-17(23-24-19(25)27-3)5-4-8-21-18(26)16-9-13-6-7-14(20)10-15(13)22-16/h6-7,9-10,12,22H,4-5,8,11H2,1-3H3,(H,21,26). The molecule has 0 spiro atoms. The fourth-order valence-electron chi connectivity index (χ4n) is 2.97. The molecular weight excluding hydrogens is 382 g/mol. The number of carbonyl (C=O) groups excluding carboxylic acids is 1. The van der Waals surface area contributed by atoms with Gasteiger partial charge in [-0.05, 0) is 36.8 Å². The van der Waals surface area contributed by atoms with Gasteiger partial charge in [-0.2, -0.15) is 0 Å². The second kappa shape index (κ2) is 8.80. The van der Waals surface area contributed by atoms with E-state index in [1.807, 2.05) is 30.5 Å². The zero-order valence-corrected chi connectivity index (χ0v) is 17.3. The molecule has 3 rings (SSSR count). The minimum atomic E-state index is -0.115. The van der Waals surface area contributed by atoms with Gasteiger partial charge in [0.1, 0.15) is 11.5 Å². The number of H-pyrrole nitrogens is 1. The molecule has 0 aliphatic carbocycles. The minimum absolute atomic E-state index is 0.115. The molecule has 2 N–H and O–H groups in total. The molecule has 0 aliphatic rings. The third kappa shape index (κ3) is 4.84. The SMILES string of the molecule is CSc1nnc(CCCNC(=O)c2cc3ccc(Cl)cc3[nH]2)n1CC(C)C. The van der Waals surface area contributed by atoms with E-state index >= 15 is 0 Å². The van der Waals surface area contributed by atoms with Gasteiger partial charge in [0, 0.05) is 35.4 Å². The molecule has 144 valence electrons. The van der Waals surface area contributed by atoms with Crippen LogP contribution in [0.2, 0.25) is 5.02 Å². The van der Waals surface area contributed by atoms with Gasteiger partial charge in [0.05, 0.1) is 0 Å². The van der Waals surface area contributed by atoms with Crippen LogP contribution in [0.4, 0.5) is 0 Å². The number of fused-ring (bicyclic) bond motifs is 1. The first-order valence-electron chi connectivity index (χ1n) is 9.00. The average molecular weight is 406 g/mol. The van der Waals surface area contributed by atoms with Gasteiger partial charge in [-0.15, -0.1) is 10.2 Å². The number of aromatic amines is 1. The highest BCUT2D eigenvalue weighted by Gasteiger charge is 2.13. The first kappa shape index (κ1) is 19.8. The Hall–Kier alpha value is -1.99. The number of rotatable bonds is 8. The highest BCUT2D eigenvalue weighted by Crippen LogP contribution is 2.20. The van der Waals surface area contributed by atoms with Crippen molar-refractivity contribution in [3.8, 4) is 0 Å². The first-order valence-corrected chi connectivity index (χ1v) is 10.6. The van der Waals surface area contributed by atoms with Crippen molar-refractivity contribution < 1.29 is 4.79 Å². The predicted octanol–water partition coefficient (Wildman–Crippen LogP) is 4.15. The Balaban J connectivity index is 1.55. The zero-order chi connectivity index (χ0) is 19.4. The number of nitrogens with zero attached hydrogens (tertiary/aromatic N) is 3. The van der Waals surface area contributed by atoms with Crippen molar-refractivity contribution in [2.24, 2.45) is 5.92 Å². The van der Waals surface area contributed by atoms with Gasteiger partial charge < -0.3 is 14.9 Å². The summed E-state index contributed by atoms with van der Waals surface area (Å²) in [6.07, 6.45) is 3.60. The van der Waals surface area contributed by atoms with E-state index in [2.05, 4.69) is 38.9 Å². The number of halogens is 1. The van der Waals surface area contributed by atoms with Crippen molar-refractivity contribution in [2.45, 2.75) is 38.4 Å². The molecule has 8 heteroatoms. The number of aromatic nitrogens is 4. The van der Waals surface area contributed by atoms with E-state index in [4.69, 9.17) is 11.6 Å². The Labute approximate surface area is 168 Å². The molecule has 2 aromatic heterocycles. The van der Waals surface area contributed by atoms with E-state index in [-0.39, 0.29) is 5.91 Å². The molecule has 0 bridgehead atoms. The number of amides is 1. The van der Waals surface area contributed by atoms with Gasteiger partial charge in [0.2, 0.25) is 0 Å². The minimum Gasteiger partial charge on any atom is -0.351 e. The van der Waals surface area contributed by atoms with Gasteiger partial charge in [0.25, 0.3) is 5.91 Å². The third-order valence-electron chi connectivity index (χ3n) is 4.22. The van der Waals surface area contributed by atoms with E-state index in [1.54, 1.807) is 11.8 Å². The molecule has 1 amide bonds. The maximum atomic E-state index is 12.4. The molecule has 2 heterocycles. The smallest absolute Gasteiger partial charge is 0.267 e. The van der Waals surface area contributed by atoms with Gasteiger partial charge in [-0.3, -0.25) is 4.79 Å². The topological polar surface area (TPSA) is 75.6 Å². The first-order chi connectivity index (χ1) is 13.0. The van der Waals surface area contributed by atoms with Crippen LogP contribution in [0.1, 0.15) is 36.6 Å². The Morgan fingerprint density at radius 1 is 1.33 bits per heavy atom. The Bertz CT molecular complexity index is 933. The fourth-order valence-corrected chi connectivity index (χ4v) is 3.66. The van der Waals surface area contributed by atoms with E-state index in [0.29, 0.717) is 23.2 Å². The molecule has 0 saturated heterocycles. The second-order valence-corrected chi connectivity index (χ2v) is 8.09. The summed E-state index contributed by atoms with van der Waals surface area (Å²) in [7, 11) is 0. The quantitative estimate of drug-likeness (QED) is 0.436. The number of thioether (sulfide) groups is 1. The van der Waals surface area contributed by atoms with Crippen LogP contribution >= 0.6 is 23.4 Å². The summed E-state index contributed by atoms with van der Waals surface area (Å²) in [6.45, 7) is 5.85.